The molecular formula is C12H22N2O3. The van der Waals surface area contributed by atoms with Gasteiger partial charge in [0.25, 0.3) is 0 Å². The summed E-state index contributed by atoms with van der Waals surface area (Å²) in [7, 11) is 0. The van der Waals surface area contributed by atoms with Gasteiger partial charge in [0.15, 0.2) is 0 Å². The van der Waals surface area contributed by atoms with E-state index in [1.54, 1.807) is 13.8 Å². The number of amides is 1. The average Bonchev–Trinajstić information content (AvgIpc) is 2.28. The van der Waals surface area contributed by atoms with E-state index in [0.29, 0.717) is 12.5 Å². The van der Waals surface area contributed by atoms with Gasteiger partial charge in [0, 0.05) is 12.0 Å². The molecule has 1 rings (SSSR count). The Morgan fingerprint density at radius 1 is 1.53 bits per heavy atom. The first-order chi connectivity index (χ1) is 7.89. The van der Waals surface area contributed by atoms with E-state index in [2.05, 4.69) is 10.6 Å². The number of carboxylic acid groups (broad SMARTS) is 1. The van der Waals surface area contributed by atoms with E-state index in [1.165, 1.54) is 0 Å². The van der Waals surface area contributed by atoms with Crippen LogP contribution in [-0.4, -0.2) is 35.1 Å². The summed E-state index contributed by atoms with van der Waals surface area (Å²) in [6.07, 6.45) is 1.93. The van der Waals surface area contributed by atoms with Crippen molar-refractivity contribution in [3.8, 4) is 0 Å². The molecule has 1 aliphatic heterocycles. The summed E-state index contributed by atoms with van der Waals surface area (Å²) < 4.78 is 0. The quantitative estimate of drug-likeness (QED) is 0.679. The lowest BCUT2D eigenvalue weighted by Gasteiger charge is -2.31. The number of carbonyl (C=O) groups is 2. The molecule has 3 N–H and O–H groups in total. The van der Waals surface area contributed by atoms with E-state index in [0.717, 1.165) is 19.4 Å². The molecule has 0 bridgehead atoms. The number of aliphatic carboxylic acids is 1. The van der Waals surface area contributed by atoms with Crippen LogP contribution >= 0.6 is 0 Å². The number of carboxylic acids is 1. The molecule has 0 radical (unpaired) electrons. The van der Waals surface area contributed by atoms with Crippen LogP contribution in [0.1, 0.15) is 40.0 Å². The molecule has 0 aromatic heterocycles. The Labute approximate surface area is 102 Å². The van der Waals surface area contributed by atoms with Crippen molar-refractivity contribution in [1.82, 2.24) is 10.6 Å². The molecule has 3 unspecified atom stereocenters. The zero-order valence-electron chi connectivity index (χ0n) is 10.7. The van der Waals surface area contributed by atoms with Gasteiger partial charge < -0.3 is 15.7 Å². The SMILES string of the molecule is CCC(C)(NC(=O)C1CCNC(C)C1)C(=O)O. The normalized spacial score (nSPS) is 28.2. The number of hydrogen-bond acceptors (Lipinski definition) is 3. The van der Waals surface area contributed by atoms with Crippen molar-refractivity contribution in [2.45, 2.75) is 51.6 Å². The number of piperidine rings is 1. The second kappa shape index (κ2) is 5.49. The summed E-state index contributed by atoms with van der Waals surface area (Å²) in [5, 5.41) is 15.0. The first-order valence-corrected chi connectivity index (χ1v) is 6.18. The first-order valence-electron chi connectivity index (χ1n) is 6.18. The van der Waals surface area contributed by atoms with Crippen molar-refractivity contribution in [2.24, 2.45) is 5.92 Å². The minimum absolute atomic E-state index is 0.0727. The van der Waals surface area contributed by atoms with Gasteiger partial charge in [-0.15, -0.1) is 0 Å². The van der Waals surface area contributed by atoms with E-state index in [9.17, 15) is 9.59 Å². The molecule has 0 aromatic carbocycles. The van der Waals surface area contributed by atoms with Gasteiger partial charge in [-0.25, -0.2) is 4.79 Å². The predicted octanol–water partition coefficient (Wildman–Crippen LogP) is 0.744. The highest BCUT2D eigenvalue weighted by Gasteiger charge is 2.35. The highest BCUT2D eigenvalue weighted by Crippen LogP contribution is 2.18. The van der Waals surface area contributed by atoms with Gasteiger partial charge in [0.1, 0.15) is 5.54 Å². The number of carbonyl (C=O) groups excluding carboxylic acids is 1. The van der Waals surface area contributed by atoms with Crippen LogP contribution in [0.5, 0.6) is 0 Å². The standard InChI is InChI=1S/C12H22N2O3/c1-4-12(3,11(16)17)14-10(15)9-5-6-13-8(2)7-9/h8-9,13H,4-7H2,1-3H3,(H,14,15)(H,16,17). The van der Waals surface area contributed by atoms with Crippen molar-refractivity contribution >= 4 is 11.9 Å². The van der Waals surface area contributed by atoms with Gasteiger partial charge in [0.05, 0.1) is 0 Å². The van der Waals surface area contributed by atoms with Crippen molar-refractivity contribution in [3.05, 3.63) is 0 Å². The largest absolute Gasteiger partial charge is 0.480 e. The molecule has 5 nitrogen and oxygen atoms in total. The molecule has 0 aromatic rings. The molecule has 1 amide bonds. The van der Waals surface area contributed by atoms with Crippen LogP contribution in [0.2, 0.25) is 0 Å². The Kier molecular flexibility index (Phi) is 4.51. The molecule has 98 valence electrons. The molecule has 0 saturated carbocycles. The van der Waals surface area contributed by atoms with Crippen LogP contribution in [0.15, 0.2) is 0 Å². The summed E-state index contributed by atoms with van der Waals surface area (Å²) in [6, 6.07) is 0.317. The summed E-state index contributed by atoms with van der Waals surface area (Å²) in [5.41, 5.74) is -1.15. The number of hydrogen-bond donors (Lipinski definition) is 3. The van der Waals surface area contributed by atoms with Crippen LogP contribution in [0, 0.1) is 5.92 Å². The average molecular weight is 242 g/mol. The molecule has 1 saturated heterocycles. The lowest BCUT2D eigenvalue weighted by molar-refractivity contribution is -0.147. The fourth-order valence-electron chi connectivity index (χ4n) is 2.04. The first kappa shape index (κ1) is 14.0. The minimum atomic E-state index is -1.15. The van der Waals surface area contributed by atoms with Crippen LogP contribution < -0.4 is 10.6 Å². The van der Waals surface area contributed by atoms with Gasteiger partial charge in [0.2, 0.25) is 5.91 Å². The second-order valence-corrected chi connectivity index (χ2v) is 5.06. The Balaban J connectivity index is 2.61. The highest BCUT2D eigenvalue weighted by molar-refractivity contribution is 5.87. The summed E-state index contributed by atoms with van der Waals surface area (Å²) >= 11 is 0. The number of rotatable bonds is 4. The fraction of sp³-hybridized carbons (Fsp3) is 0.833. The molecular weight excluding hydrogens is 220 g/mol. The van der Waals surface area contributed by atoms with Gasteiger partial charge in [-0.05, 0) is 39.7 Å². The van der Waals surface area contributed by atoms with E-state index in [4.69, 9.17) is 5.11 Å². The molecule has 0 aliphatic carbocycles. The van der Waals surface area contributed by atoms with Crippen molar-refractivity contribution in [3.63, 3.8) is 0 Å². The predicted molar refractivity (Wildman–Crippen MR) is 64.7 cm³/mol. The Morgan fingerprint density at radius 3 is 2.65 bits per heavy atom. The Morgan fingerprint density at radius 2 is 2.18 bits per heavy atom. The van der Waals surface area contributed by atoms with Gasteiger partial charge >= 0.3 is 5.97 Å². The number of nitrogens with one attached hydrogen (secondary N) is 2. The Hall–Kier alpha value is -1.10. The van der Waals surface area contributed by atoms with Crippen molar-refractivity contribution in [1.29, 1.82) is 0 Å². The van der Waals surface area contributed by atoms with Crippen LogP contribution in [0.4, 0.5) is 0 Å². The third-order valence-electron chi connectivity index (χ3n) is 3.57. The monoisotopic (exact) mass is 242 g/mol. The molecule has 1 fully saturated rings. The zero-order chi connectivity index (χ0) is 13.1. The molecule has 1 heterocycles. The fourth-order valence-corrected chi connectivity index (χ4v) is 2.04. The summed E-state index contributed by atoms with van der Waals surface area (Å²) in [4.78, 5) is 23.1. The lowest BCUT2D eigenvalue weighted by Crippen LogP contribution is -2.54. The second-order valence-electron chi connectivity index (χ2n) is 5.06. The molecule has 3 atom stereocenters. The molecule has 1 aliphatic rings. The summed E-state index contributed by atoms with van der Waals surface area (Å²) in [6.45, 7) is 6.17. The van der Waals surface area contributed by atoms with Crippen molar-refractivity contribution < 1.29 is 14.7 Å². The van der Waals surface area contributed by atoms with E-state index >= 15 is 0 Å². The Bertz CT molecular complexity index is 306. The zero-order valence-corrected chi connectivity index (χ0v) is 10.7. The van der Waals surface area contributed by atoms with Gasteiger partial charge in [-0.3, -0.25) is 4.79 Å². The molecule has 17 heavy (non-hydrogen) atoms. The van der Waals surface area contributed by atoms with Gasteiger partial charge in [-0.2, -0.15) is 0 Å². The maximum Gasteiger partial charge on any atom is 0.329 e. The third-order valence-corrected chi connectivity index (χ3v) is 3.57. The maximum atomic E-state index is 12.0. The van der Waals surface area contributed by atoms with E-state index in [-0.39, 0.29) is 11.8 Å². The van der Waals surface area contributed by atoms with Gasteiger partial charge in [-0.1, -0.05) is 6.92 Å². The minimum Gasteiger partial charge on any atom is -0.480 e. The van der Waals surface area contributed by atoms with Crippen LogP contribution in [0.3, 0.4) is 0 Å². The highest BCUT2D eigenvalue weighted by atomic mass is 16.4. The molecule has 0 spiro atoms. The maximum absolute atomic E-state index is 12.0. The molecule has 5 heteroatoms. The third kappa shape index (κ3) is 3.43. The lowest BCUT2D eigenvalue weighted by atomic mass is 9.90. The topological polar surface area (TPSA) is 78.4 Å². The smallest absolute Gasteiger partial charge is 0.329 e. The van der Waals surface area contributed by atoms with E-state index in [1.807, 2.05) is 6.92 Å². The van der Waals surface area contributed by atoms with Crippen LogP contribution in [-0.2, 0) is 9.59 Å². The van der Waals surface area contributed by atoms with E-state index < -0.39 is 11.5 Å². The van der Waals surface area contributed by atoms with Crippen molar-refractivity contribution in [2.75, 3.05) is 6.54 Å². The summed E-state index contributed by atoms with van der Waals surface area (Å²) in [5.74, 6) is -1.18. The van der Waals surface area contributed by atoms with Crippen LogP contribution in [0.25, 0.3) is 0 Å².